The smallest absolute Gasteiger partial charge is 0.407 e. The van der Waals surface area contributed by atoms with Crippen LogP contribution in [-0.4, -0.2) is 32.0 Å². The molecule has 0 saturated heterocycles. The minimum atomic E-state index is -0.536. The molecule has 0 unspecified atom stereocenters. The first-order chi connectivity index (χ1) is 9.85. The highest BCUT2D eigenvalue weighted by atomic mass is 16.6. The topological polar surface area (TPSA) is 80.6 Å². The van der Waals surface area contributed by atoms with Crippen LogP contribution in [-0.2, 0) is 4.74 Å². The van der Waals surface area contributed by atoms with E-state index in [2.05, 4.69) is 5.32 Å². The second kappa shape index (κ2) is 7.39. The number of carbonyl (C=O) groups excluding carboxylic acids is 1. The number of ether oxygens (including phenoxy) is 3. The number of benzene rings is 1. The zero-order valence-corrected chi connectivity index (χ0v) is 12.7. The molecule has 0 aliphatic carbocycles. The highest BCUT2D eigenvalue weighted by Gasteiger charge is 2.15. The number of alkyl carbamates (subject to hydrolysis) is 1. The van der Waals surface area contributed by atoms with E-state index in [9.17, 15) is 4.79 Å². The zero-order valence-electron chi connectivity index (χ0n) is 12.7. The van der Waals surface area contributed by atoms with E-state index in [1.165, 1.54) is 7.11 Å². The molecule has 1 aromatic rings. The van der Waals surface area contributed by atoms with Crippen molar-refractivity contribution >= 4 is 6.09 Å². The fourth-order valence-corrected chi connectivity index (χ4v) is 1.47. The molecule has 6 nitrogen and oxygen atoms in total. The number of nitrogens with one attached hydrogen (secondary N) is 1. The van der Waals surface area contributed by atoms with Crippen LogP contribution < -0.4 is 14.8 Å². The Labute approximate surface area is 124 Å². The molecule has 0 aliphatic heterocycles. The van der Waals surface area contributed by atoms with Crippen LogP contribution in [0.1, 0.15) is 26.3 Å². The van der Waals surface area contributed by atoms with Gasteiger partial charge in [-0.25, -0.2) is 4.79 Å². The van der Waals surface area contributed by atoms with E-state index in [4.69, 9.17) is 19.5 Å². The lowest BCUT2D eigenvalue weighted by molar-refractivity contribution is 0.0520. The van der Waals surface area contributed by atoms with Crippen LogP contribution >= 0.6 is 0 Å². The van der Waals surface area contributed by atoms with Crippen LogP contribution in [0.25, 0.3) is 0 Å². The molecule has 0 bridgehead atoms. The Bertz CT molecular complexity index is 529. The predicted octanol–water partition coefficient (Wildman–Crippen LogP) is 2.47. The molecule has 0 atom stereocenters. The van der Waals surface area contributed by atoms with Gasteiger partial charge in [0.25, 0.3) is 0 Å². The molecule has 0 aliphatic rings. The number of carbonyl (C=O) groups is 1. The lowest BCUT2D eigenvalue weighted by Gasteiger charge is -2.19. The van der Waals surface area contributed by atoms with Crippen LogP contribution in [0.15, 0.2) is 18.2 Å². The van der Waals surface area contributed by atoms with E-state index < -0.39 is 11.7 Å². The fourth-order valence-electron chi connectivity index (χ4n) is 1.47. The van der Waals surface area contributed by atoms with Crippen LogP contribution in [0, 0.1) is 11.3 Å². The number of methoxy groups -OCH3 is 1. The van der Waals surface area contributed by atoms with E-state index in [-0.39, 0.29) is 13.2 Å². The SMILES string of the molecule is COc1ccc(C#N)c(OCCNC(=O)OC(C)(C)C)c1. The van der Waals surface area contributed by atoms with E-state index in [0.29, 0.717) is 17.1 Å². The van der Waals surface area contributed by atoms with Gasteiger partial charge in [-0.3, -0.25) is 0 Å². The number of hydrogen-bond acceptors (Lipinski definition) is 5. The summed E-state index contributed by atoms with van der Waals surface area (Å²) in [6.07, 6.45) is -0.503. The molecule has 0 aromatic heterocycles. The van der Waals surface area contributed by atoms with Gasteiger partial charge in [0.2, 0.25) is 0 Å². The van der Waals surface area contributed by atoms with Gasteiger partial charge in [-0.15, -0.1) is 0 Å². The summed E-state index contributed by atoms with van der Waals surface area (Å²) in [6, 6.07) is 6.97. The first-order valence-electron chi connectivity index (χ1n) is 6.53. The van der Waals surface area contributed by atoms with E-state index in [0.717, 1.165) is 0 Å². The van der Waals surface area contributed by atoms with Crippen molar-refractivity contribution in [1.82, 2.24) is 5.32 Å². The molecule has 1 rings (SSSR count). The summed E-state index contributed by atoms with van der Waals surface area (Å²) >= 11 is 0. The third kappa shape index (κ3) is 6.04. The van der Waals surface area contributed by atoms with Gasteiger partial charge in [-0.05, 0) is 32.9 Å². The molecular weight excluding hydrogens is 272 g/mol. The standard InChI is InChI=1S/C15H20N2O4/c1-15(2,3)21-14(18)17-7-8-20-13-9-12(19-4)6-5-11(13)10-16/h5-6,9H,7-8H2,1-4H3,(H,17,18). The normalized spacial score (nSPS) is 10.4. The molecular formula is C15H20N2O4. The van der Waals surface area contributed by atoms with Gasteiger partial charge in [0.1, 0.15) is 29.8 Å². The molecule has 1 aromatic carbocycles. The maximum absolute atomic E-state index is 11.4. The Hall–Kier alpha value is -2.42. The molecule has 6 heteroatoms. The molecule has 0 fully saturated rings. The van der Waals surface area contributed by atoms with Crippen LogP contribution in [0.5, 0.6) is 11.5 Å². The van der Waals surface area contributed by atoms with Crippen molar-refractivity contribution in [2.24, 2.45) is 0 Å². The van der Waals surface area contributed by atoms with Gasteiger partial charge in [-0.2, -0.15) is 5.26 Å². The highest BCUT2D eigenvalue weighted by Crippen LogP contribution is 2.23. The summed E-state index contributed by atoms with van der Waals surface area (Å²) in [5.41, 5.74) is -0.126. The summed E-state index contributed by atoms with van der Waals surface area (Å²) < 4.78 is 15.6. The van der Waals surface area contributed by atoms with Gasteiger partial charge < -0.3 is 19.5 Å². The Morgan fingerprint density at radius 2 is 2.10 bits per heavy atom. The number of nitriles is 1. The summed E-state index contributed by atoms with van der Waals surface area (Å²) in [5, 5.41) is 11.6. The van der Waals surface area contributed by atoms with Gasteiger partial charge >= 0.3 is 6.09 Å². The molecule has 21 heavy (non-hydrogen) atoms. The number of nitrogens with zero attached hydrogens (tertiary/aromatic N) is 1. The largest absolute Gasteiger partial charge is 0.497 e. The number of hydrogen-bond donors (Lipinski definition) is 1. The van der Waals surface area contributed by atoms with Crippen LogP contribution in [0.2, 0.25) is 0 Å². The van der Waals surface area contributed by atoms with Crippen molar-refractivity contribution in [1.29, 1.82) is 5.26 Å². The van der Waals surface area contributed by atoms with Crippen molar-refractivity contribution in [3.63, 3.8) is 0 Å². The van der Waals surface area contributed by atoms with E-state index in [1.807, 2.05) is 6.07 Å². The lowest BCUT2D eigenvalue weighted by atomic mass is 10.2. The van der Waals surface area contributed by atoms with E-state index in [1.54, 1.807) is 39.0 Å². The van der Waals surface area contributed by atoms with Gasteiger partial charge in [0, 0.05) is 6.07 Å². The third-order valence-corrected chi connectivity index (χ3v) is 2.34. The average molecular weight is 292 g/mol. The van der Waals surface area contributed by atoms with Crippen molar-refractivity contribution < 1.29 is 19.0 Å². The Morgan fingerprint density at radius 3 is 2.67 bits per heavy atom. The van der Waals surface area contributed by atoms with Crippen molar-refractivity contribution in [2.45, 2.75) is 26.4 Å². The minimum Gasteiger partial charge on any atom is -0.497 e. The van der Waals surface area contributed by atoms with Crippen molar-refractivity contribution in [3.05, 3.63) is 23.8 Å². The van der Waals surface area contributed by atoms with Crippen LogP contribution in [0.4, 0.5) is 4.79 Å². The molecule has 1 amide bonds. The van der Waals surface area contributed by atoms with Gasteiger partial charge in [0.15, 0.2) is 0 Å². The first kappa shape index (κ1) is 16.6. The third-order valence-electron chi connectivity index (χ3n) is 2.34. The highest BCUT2D eigenvalue weighted by molar-refractivity contribution is 5.67. The summed E-state index contributed by atoms with van der Waals surface area (Å²) in [7, 11) is 1.54. The monoisotopic (exact) mass is 292 g/mol. The number of amides is 1. The van der Waals surface area contributed by atoms with Crippen LogP contribution in [0.3, 0.4) is 0 Å². The Kier molecular flexibility index (Phi) is 5.85. The summed E-state index contributed by atoms with van der Waals surface area (Å²) in [5.74, 6) is 1.02. The average Bonchev–Trinajstić information content (AvgIpc) is 2.41. The zero-order chi connectivity index (χ0) is 15.9. The molecule has 114 valence electrons. The maximum Gasteiger partial charge on any atom is 0.407 e. The summed E-state index contributed by atoms with van der Waals surface area (Å²) in [4.78, 5) is 11.4. The van der Waals surface area contributed by atoms with Crippen molar-refractivity contribution in [2.75, 3.05) is 20.3 Å². The van der Waals surface area contributed by atoms with Gasteiger partial charge in [0.05, 0.1) is 19.2 Å². The Balaban J connectivity index is 2.46. The number of rotatable bonds is 5. The second-order valence-corrected chi connectivity index (χ2v) is 5.25. The molecule has 0 radical (unpaired) electrons. The van der Waals surface area contributed by atoms with Crippen molar-refractivity contribution in [3.8, 4) is 17.6 Å². The quantitative estimate of drug-likeness (QED) is 0.843. The predicted molar refractivity (Wildman–Crippen MR) is 77.4 cm³/mol. The minimum absolute atomic E-state index is 0.223. The van der Waals surface area contributed by atoms with Gasteiger partial charge in [-0.1, -0.05) is 0 Å². The Morgan fingerprint density at radius 1 is 1.38 bits per heavy atom. The first-order valence-corrected chi connectivity index (χ1v) is 6.53. The molecule has 1 N–H and O–H groups in total. The molecule has 0 saturated carbocycles. The molecule has 0 spiro atoms. The maximum atomic E-state index is 11.4. The second-order valence-electron chi connectivity index (χ2n) is 5.25. The molecule has 0 heterocycles. The van der Waals surface area contributed by atoms with E-state index >= 15 is 0 Å². The summed E-state index contributed by atoms with van der Waals surface area (Å²) in [6.45, 7) is 5.87. The fraction of sp³-hybridized carbons (Fsp3) is 0.467. The lowest BCUT2D eigenvalue weighted by Crippen LogP contribution is -2.34.